The van der Waals surface area contributed by atoms with Gasteiger partial charge in [-0.15, -0.1) is 0 Å². The molecule has 0 atom stereocenters. The van der Waals surface area contributed by atoms with E-state index in [1.54, 1.807) is 18.3 Å². The maximum absolute atomic E-state index is 13.7. The Labute approximate surface area is 141 Å². The molecular weight excluding hydrogens is 335 g/mol. The number of pyridine rings is 1. The summed E-state index contributed by atoms with van der Waals surface area (Å²) in [6.07, 6.45) is 1.97. The predicted molar refractivity (Wildman–Crippen MR) is 85.0 cm³/mol. The highest BCUT2D eigenvalue weighted by molar-refractivity contribution is 6.30. The standard InChI is InChI=1S/C16H12ClFN4O2/c17-10-4-5-11(12(18)9-10)15(23)20-8-6-14-21-16(24-22-14)13-3-1-2-7-19-13/h1-5,7,9H,6,8H2,(H,20,23). The molecule has 0 fully saturated rings. The van der Waals surface area contributed by atoms with E-state index in [2.05, 4.69) is 20.4 Å². The van der Waals surface area contributed by atoms with Crippen LogP contribution in [-0.2, 0) is 6.42 Å². The van der Waals surface area contributed by atoms with Gasteiger partial charge in [-0.2, -0.15) is 4.98 Å². The van der Waals surface area contributed by atoms with E-state index in [1.807, 2.05) is 6.07 Å². The molecule has 1 amide bonds. The van der Waals surface area contributed by atoms with Gasteiger partial charge in [0.2, 0.25) is 0 Å². The Bertz CT molecular complexity index is 854. The monoisotopic (exact) mass is 346 g/mol. The Balaban J connectivity index is 1.57. The van der Waals surface area contributed by atoms with Crippen LogP contribution in [0.4, 0.5) is 4.39 Å². The van der Waals surface area contributed by atoms with Crippen LogP contribution in [0, 0.1) is 5.82 Å². The van der Waals surface area contributed by atoms with Crippen LogP contribution >= 0.6 is 11.6 Å². The average Bonchev–Trinajstić information content (AvgIpc) is 3.04. The minimum Gasteiger partial charge on any atom is -0.351 e. The number of nitrogens with one attached hydrogen (secondary N) is 1. The first-order chi connectivity index (χ1) is 11.6. The van der Waals surface area contributed by atoms with E-state index in [0.717, 1.165) is 6.07 Å². The molecule has 0 bridgehead atoms. The Morgan fingerprint density at radius 2 is 2.17 bits per heavy atom. The molecule has 122 valence electrons. The zero-order valence-corrected chi connectivity index (χ0v) is 13.1. The lowest BCUT2D eigenvalue weighted by Gasteiger charge is -2.04. The molecule has 0 aliphatic heterocycles. The summed E-state index contributed by atoms with van der Waals surface area (Å²) in [6.45, 7) is 0.238. The number of benzene rings is 1. The molecule has 2 heterocycles. The van der Waals surface area contributed by atoms with Crippen molar-refractivity contribution in [1.29, 1.82) is 0 Å². The third-order valence-corrected chi connectivity index (χ3v) is 3.40. The number of carbonyl (C=O) groups is 1. The smallest absolute Gasteiger partial charge is 0.276 e. The maximum Gasteiger partial charge on any atom is 0.276 e. The second-order valence-corrected chi connectivity index (χ2v) is 5.30. The van der Waals surface area contributed by atoms with Crippen LogP contribution in [0.1, 0.15) is 16.2 Å². The van der Waals surface area contributed by atoms with Crippen molar-refractivity contribution in [3.05, 3.63) is 64.8 Å². The summed E-state index contributed by atoms with van der Waals surface area (Å²) < 4.78 is 18.8. The molecule has 8 heteroatoms. The number of carbonyl (C=O) groups excluding carboxylic acids is 1. The highest BCUT2D eigenvalue weighted by Gasteiger charge is 2.13. The van der Waals surface area contributed by atoms with Crippen molar-refractivity contribution >= 4 is 17.5 Å². The van der Waals surface area contributed by atoms with E-state index in [0.29, 0.717) is 23.8 Å². The molecule has 0 aliphatic rings. The molecule has 1 N–H and O–H groups in total. The first-order valence-electron chi connectivity index (χ1n) is 7.11. The van der Waals surface area contributed by atoms with Crippen LogP contribution in [-0.4, -0.2) is 27.6 Å². The lowest BCUT2D eigenvalue weighted by atomic mass is 10.2. The van der Waals surface area contributed by atoms with Gasteiger partial charge in [-0.05, 0) is 30.3 Å². The number of rotatable bonds is 5. The second kappa shape index (κ2) is 7.18. The fourth-order valence-corrected chi connectivity index (χ4v) is 2.16. The maximum atomic E-state index is 13.7. The average molecular weight is 347 g/mol. The number of hydrogen-bond acceptors (Lipinski definition) is 5. The minimum absolute atomic E-state index is 0.0679. The summed E-state index contributed by atoms with van der Waals surface area (Å²) in [5, 5.41) is 6.65. The highest BCUT2D eigenvalue weighted by Crippen LogP contribution is 2.15. The number of amides is 1. The summed E-state index contributed by atoms with van der Waals surface area (Å²) >= 11 is 5.66. The van der Waals surface area contributed by atoms with E-state index < -0.39 is 11.7 Å². The number of halogens is 2. The van der Waals surface area contributed by atoms with Gasteiger partial charge in [-0.1, -0.05) is 22.8 Å². The van der Waals surface area contributed by atoms with Crippen LogP contribution in [0.15, 0.2) is 47.1 Å². The first kappa shape index (κ1) is 16.1. The molecule has 1 aromatic carbocycles. The highest BCUT2D eigenvalue weighted by atomic mass is 35.5. The van der Waals surface area contributed by atoms with E-state index in [-0.39, 0.29) is 17.1 Å². The lowest BCUT2D eigenvalue weighted by Crippen LogP contribution is -2.26. The minimum atomic E-state index is -0.669. The molecule has 3 rings (SSSR count). The summed E-state index contributed by atoms with van der Waals surface area (Å²) in [6, 6.07) is 9.23. The molecule has 3 aromatic rings. The molecule has 0 unspecified atom stereocenters. The molecule has 0 aliphatic carbocycles. The second-order valence-electron chi connectivity index (χ2n) is 4.86. The van der Waals surface area contributed by atoms with Crippen LogP contribution in [0.3, 0.4) is 0 Å². The largest absolute Gasteiger partial charge is 0.351 e. The topological polar surface area (TPSA) is 80.9 Å². The van der Waals surface area contributed by atoms with Crippen molar-refractivity contribution in [3.63, 3.8) is 0 Å². The van der Waals surface area contributed by atoms with Gasteiger partial charge in [0.15, 0.2) is 5.82 Å². The summed E-state index contributed by atoms with van der Waals surface area (Å²) in [5.41, 5.74) is 0.505. The van der Waals surface area contributed by atoms with Gasteiger partial charge < -0.3 is 9.84 Å². The van der Waals surface area contributed by atoms with Gasteiger partial charge in [-0.3, -0.25) is 9.78 Å². The van der Waals surface area contributed by atoms with E-state index >= 15 is 0 Å². The summed E-state index contributed by atoms with van der Waals surface area (Å²) in [7, 11) is 0. The Hall–Kier alpha value is -2.80. The van der Waals surface area contributed by atoms with Crippen LogP contribution in [0.2, 0.25) is 5.02 Å². The van der Waals surface area contributed by atoms with Crippen molar-refractivity contribution in [2.45, 2.75) is 6.42 Å². The molecule has 24 heavy (non-hydrogen) atoms. The number of aromatic nitrogens is 3. The van der Waals surface area contributed by atoms with Gasteiger partial charge in [0, 0.05) is 24.2 Å². The van der Waals surface area contributed by atoms with Crippen molar-refractivity contribution in [2.24, 2.45) is 0 Å². The van der Waals surface area contributed by atoms with Crippen molar-refractivity contribution in [3.8, 4) is 11.6 Å². The molecule has 0 saturated carbocycles. The Morgan fingerprint density at radius 1 is 1.29 bits per heavy atom. The quantitative estimate of drug-likeness (QED) is 0.768. The van der Waals surface area contributed by atoms with Gasteiger partial charge in [0.25, 0.3) is 11.8 Å². The summed E-state index contributed by atoms with van der Waals surface area (Å²) in [4.78, 5) is 20.2. The van der Waals surface area contributed by atoms with Crippen molar-refractivity contribution < 1.29 is 13.7 Å². The zero-order valence-electron chi connectivity index (χ0n) is 12.4. The van der Waals surface area contributed by atoms with Crippen LogP contribution in [0.25, 0.3) is 11.6 Å². The van der Waals surface area contributed by atoms with E-state index in [1.165, 1.54) is 12.1 Å². The molecule has 0 saturated heterocycles. The van der Waals surface area contributed by atoms with Gasteiger partial charge in [-0.25, -0.2) is 4.39 Å². The van der Waals surface area contributed by atoms with Crippen LogP contribution in [0.5, 0.6) is 0 Å². The van der Waals surface area contributed by atoms with Gasteiger partial charge in [0.05, 0.1) is 5.56 Å². The number of nitrogens with zero attached hydrogens (tertiary/aromatic N) is 3. The molecular formula is C16H12ClFN4O2. The fourth-order valence-electron chi connectivity index (χ4n) is 2.01. The lowest BCUT2D eigenvalue weighted by molar-refractivity contribution is 0.0950. The molecule has 2 aromatic heterocycles. The van der Waals surface area contributed by atoms with Crippen LogP contribution < -0.4 is 5.32 Å². The first-order valence-corrected chi connectivity index (χ1v) is 7.48. The molecule has 0 spiro atoms. The third kappa shape index (κ3) is 3.75. The van der Waals surface area contributed by atoms with Crippen molar-refractivity contribution in [2.75, 3.05) is 6.54 Å². The fraction of sp³-hybridized carbons (Fsp3) is 0.125. The predicted octanol–water partition coefficient (Wildman–Crippen LogP) is 2.90. The number of hydrogen-bond donors (Lipinski definition) is 1. The molecule has 0 radical (unpaired) electrons. The van der Waals surface area contributed by atoms with Crippen molar-refractivity contribution in [1.82, 2.24) is 20.4 Å². The third-order valence-electron chi connectivity index (χ3n) is 3.16. The van der Waals surface area contributed by atoms with E-state index in [9.17, 15) is 9.18 Å². The normalized spacial score (nSPS) is 10.6. The van der Waals surface area contributed by atoms with Gasteiger partial charge >= 0.3 is 0 Å². The Morgan fingerprint density at radius 3 is 2.92 bits per heavy atom. The SMILES string of the molecule is O=C(NCCc1noc(-c2ccccn2)n1)c1ccc(Cl)cc1F. The van der Waals surface area contributed by atoms with E-state index in [4.69, 9.17) is 16.1 Å². The molecule has 6 nitrogen and oxygen atoms in total. The Kier molecular flexibility index (Phi) is 4.81. The summed E-state index contributed by atoms with van der Waals surface area (Å²) in [5.74, 6) is -0.470. The van der Waals surface area contributed by atoms with Gasteiger partial charge in [0.1, 0.15) is 11.5 Å². The zero-order chi connectivity index (χ0) is 16.9.